The van der Waals surface area contributed by atoms with Gasteiger partial charge in [0.1, 0.15) is 17.3 Å². The van der Waals surface area contributed by atoms with Crippen LogP contribution < -0.4 is 11.5 Å². The summed E-state index contributed by atoms with van der Waals surface area (Å²) in [5.41, 5.74) is 11.7. The molecule has 0 aliphatic carbocycles. The van der Waals surface area contributed by atoms with E-state index < -0.39 is 24.7 Å². The predicted octanol–water partition coefficient (Wildman–Crippen LogP) is 3.54. The van der Waals surface area contributed by atoms with Crippen molar-refractivity contribution in [3.8, 4) is 11.3 Å². The van der Waals surface area contributed by atoms with Crippen molar-refractivity contribution in [1.29, 1.82) is 0 Å². The van der Waals surface area contributed by atoms with Gasteiger partial charge in [0.15, 0.2) is 12.4 Å². The van der Waals surface area contributed by atoms with E-state index in [0.717, 1.165) is 44.1 Å². The molecule has 15 heteroatoms. The number of pyridine rings is 1. The van der Waals surface area contributed by atoms with Gasteiger partial charge in [-0.05, 0) is 44.5 Å². The molecule has 0 aromatic carbocycles. The number of hydrogen-bond donors (Lipinski definition) is 2. The number of amidine groups is 1. The summed E-state index contributed by atoms with van der Waals surface area (Å²) >= 11 is 0. The second kappa shape index (κ2) is 11.9. The Bertz CT molecular complexity index is 1230. The minimum atomic E-state index is -4.58. The van der Waals surface area contributed by atoms with Gasteiger partial charge in [-0.2, -0.15) is 26.3 Å². The molecule has 2 aromatic heterocycles. The maximum absolute atomic E-state index is 13.3. The number of alkyl halides is 6. The van der Waals surface area contributed by atoms with Crippen molar-refractivity contribution < 1.29 is 31.1 Å². The molecule has 2 aliphatic rings. The first-order valence-corrected chi connectivity index (χ1v) is 12.9. The Labute approximate surface area is 227 Å². The average Bonchev–Trinajstić information content (AvgIpc) is 3.31. The van der Waals surface area contributed by atoms with E-state index in [-0.39, 0.29) is 23.3 Å². The number of likely N-dealkylation sites (tertiary alicyclic amines) is 2. The molecule has 2 saturated heterocycles. The summed E-state index contributed by atoms with van der Waals surface area (Å²) in [5, 5.41) is 0. The van der Waals surface area contributed by atoms with Gasteiger partial charge in [0, 0.05) is 57.1 Å². The molecule has 2 aromatic rings. The van der Waals surface area contributed by atoms with Gasteiger partial charge in [-0.15, -0.1) is 0 Å². The molecule has 0 spiro atoms. The summed E-state index contributed by atoms with van der Waals surface area (Å²) in [6, 6.07) is 2.49. The van der Waals surface area contributed by atoms with Gasteiger partial charge < -0.3 is 30.6 Å². The van der Waals surface area contributed by atoms with E-state index in [2.05, 4.69) is 14.9 Å². The highest BCUT2D eigenvalue weighted by molar-refractivity contribution is 5.95. The van der Waals surface area contributed by atoms with E-state index in [9.17, 15) is 26.3 Å². The van der Waals surface area contributed by atoms with Crippen LogP contribution in [0.1, 0.15) is 36.7 Å². The van der Waals surface area contributed by atoms with Gasteiger partial charge >= 0.3 is 12.4 Å². The lowest BCUT2D eigenvalue weighted by Crippen LogP contribution is -2.40. The van der Waals surface area contributed by atoms with E-state index in [1.54, 1.807) is 11.1 Å². The molecule has 2 aliphatic heterocycles. The third-order valence-electron chi connectivity index (χ3n) is 7.05. The van der Waals surface area contributed by atoms with Gasteiger partial charge in [-0.1, -0.05) is 0 Å². The fourth-order valence-electron chi connectivity index (χ4n) is 4.73. The molecule has 40 heavy (non-hydrogen) atoms. The summed E-state index contributed by atoms with van der Waals surface area (Å²) in [6.07, 6.45) is -4.02. The molecule has 9 nitrogen and oxygen atoms in total. The Balaban J connectivity index is 1.55. The highest BCUT2D eigenvalue weighted by Crippen LogP contribution is 2.33. The minimum Gasteiger partial charge on any atom is -0.477 e. The first-order chi connectivity index (χ1) is 18.9. The van der Waals surface area contributed by atoms with Crippen molar-refractivity contribution in [1.82, 2.24) is 24.3 Å². The molecule has 0 saturated carbocycles. The molecule has 4 N–H and O–H groups in total. The Hall–Kier alpha value is -3.49. The van der Waals surface area contributed by atoms with Crippen LogP contribution in [0, 0.1) is 0 Å². The molecular weight excluding hydrogens is 542 g/mol. The number of rotatable bonds is 9. The Morgan fingerprint density at radius 3 is 2.35 bits per heavy atom. The van der Waals surface area contributed by atoms with Crippen LogP contribution >= 0.6 is 0 Å². The number of imidazole rings is 1. The minimum absolute atomic E-state index is 0.0379. The number of ether oxygens (including phenoxy) is 1. The van der Waals surface area contributed by atoms with Crippen LogP contribution in [-0.4, -0.2) is 82.7 Å². The first kappa shape index (κ1) is 29.5. The van der Waals surface area contributed by atoms with Crippen LogP contribution in [0.15, 0.2) is 41.1 Å². The van der Waals surface area contributed by atoms with Crippen molar-refractivity contribution in [2.24, 2.45) is 16.5 Å². The number of piperidine rings is 1. The number of aliphatic imine (C=N–C) groups is 1. The zero-order valence-electron chi connectivity index (χ0n) is 22.0. The number of halogens is 6. The molecule has 220 valence electrons. The molecular formula is C25H32F6N8O. The van der Waals surface area contributed by atoms with Crippen molar-refractivity contribution in [3.05, 3.63) is 47.6 Å². The highest BCUT2D eigenvalue weighted by atomic mass is 19.4. The van der Waals surface area contributed by atoms with Crippen LogP contribution in [0.2, 0.25) is 0 Å². The Kier molecular flexibility index (Phi) is 8.80. The van der Waals surface area contributed by atoms with Crippen LogP contribution in [0.25, 0.3) is 11.3 Å². The highest BCUT2D eigenvalue weighted by Gasteiger charge is 2.34. The number of aromatic nitrogens is 3. The van der Waals surface area contributed by atoms with Crippen LogP contribution in [-0.2, 0) is 17.5 Å². The zero-order valence-corrected chi connectivity index (χ0v) is 22.0. The second-order valence-electron chi connectivity index (χ2n) is 9.79. The van der Waals surface area contributed by atoms with Gasteiger partial charge in [-0.25, -0.2) is 4.98 Å². The average molecular weight is 575 g/mol. The number of hydrogen-bond acceptors (Lipinski definition) is 7. The lowest BCUT2D eigenvalue weighted by molar-refractivity contribution is -0.163. The molecule has 0 amide bonds. The van der Waals surface area contributed by atoms with Crippen molar-refractivity contribution >= 4 is 5.84 Å². The number of nitrogens with zero attached hydrogens (tertiary/aromatic N) is 6. The van der Waals surface area contributed by atoms with E-state index in [4.69, 9.17) is 21.2 Å². The summed E-state index contributed by atoms with van der Waals surface area (Å²) in [5.74, 6) is 0.0885. The SMILES string of the molecule is CN=C(N)C(OCC(F)(F)F)=C(N)N1CCC(c2nc(-c3ccnc(C(F)(F)F)c3)cn2CCN2CCC2)CC1. The second-order valence-corrected chi connectivity index (χ2v) is 9.79. The van der Waals surface area contributed by atoms with E-state index in [0.29, 0.717) is 43.7 Å². The topological polar surface area (TPSA) is 111 Å². The maximum Gasteiger partial charge on any atom is 0.433 e. The fourth-order valence-corrected chi connectivity index (χ4v) is 4.73. The van der Waals surface area contributed by atoms with Crippen molar-refractivity contribution in [2.75, 3.05) is 46.4 Å². The number of nitrogens with two attached hydrogens (primary N) is 2. The fraction of sp³-hybridized carbons (Fsp3) is 0.560. The third kappa shape index (κ3) is 7.17. The standard InChI is InChI=1S/C25H32F6N8O/c1-34-21(32)20(40-15-24(26,27)28)22(33)38-9-4-16(5-10-38)23-36-18(14-39(23)12-11-37-7-2-8-37)17-3-6-35-19(13-17)25(29,30)31/h3,6,13-14,16H,2,4-5,7-12,15,33H2,1H3,(H2,32,34). The monoisotopic (exact) mass is 574 g/mol. The predicted molar refractivity (Wildman–Crippen MR) is 136 cm³/mol. The van der Waals surface area contributed by atoms with Gasteiger partial charge in [-0.3, -0.25) is 9.98 Å². The maximum atomic E-state index is 13.3. The van der Waals surface area contributed by atoms with Crippen LogP contribution in [0.5, 0.6) is 0 Å². The smallest absolute Gasteiger partial charge is 0.433 e. The molecule has 4 heterocycles. The molecule has 0 radical (unpaired) electrons. The van der Waals surface area contributed by atoms with Crippen LogP contribution in [0.4, 0.5) is 26.3 Å². The van der Waals surface area contributed by atoms with Crippen molar-refractivity contribution in [3.63, 3.8) is 0 Å². The lowest BCUT2D eigenvalue weighted by atomic mass is 9.95. The molecule has 2 fully saturated rings. The van der Waals surface area contributed by atoms with Crippen LogP contribution in [0.3, 0.4) is 0 Å². The summed E-state index contributed by atoms with van der Waals surface area (Å²) in [6.45, 7) is 2.63. The van der Waals surface area contributed by atoms with Crippen molar-refractivity contribution in [2.45, 2.75) is 44.1 Å². The summed E-state index contributed by atoms with van der Waals surface area (Å²) in [4.78, 5) is 15.9. The zero-order chi connectivity index (χ0) is 29.1. The third-order valence-corrected chi connectivity index (χ3v) is 7.05. The quantitative estimate of drug-likeness (QED) is 0.204. The van der Waals surface area contributed by atoms with E-state index >= 15 is 0 Å². The van der Waals surface area contributed by atoms with Gasteiger partial charge in [0.05, 0.1) is 5.69 Å². The van der Waals surface area contributed by atoms with Gasteiger partial charge in [0.25, 0.3) is 0 Å². The lowest BCUT2D eigenvalue weighted by Gasteiger charge is -2.34. The first-order valence-electron chi connectivity index (χ1n) is 12.9. The summed E-state index contributed by atoms with van der Waals surface area (Å²) in [7, 11) is 1.32. The molecule has 4 rings (SSSR count). The molecule has 0 atom stereocenters. The van der Waals surface area contributed by atoms with E-state index in [1.807, 2.05) is 4.57 Å². The largest absolute Gasteiger partial charge is 0.477 e. The Morgan fingerprint density at radius 2 is 1.77 bits per heavy atom. The Morgan fingerprint density at radius 1 is 1.07 bits per heavy atom. The normalized spacial score (nSPS) is 18.5. The van der Waals surface area contributed by atoms with E-state index in [1.165, 1.54) is 13.1 Å². The summed E-state index contributed by atoms with van der Waals surface area (Å²) < 4.78 is 84.9. The molecule has 0 bridgehead atoms. The van der Waals surface area contributed by atoms with Gasteiger partial charge in [0.2, 0.25) is 5.76 Å². The molecule has 0 unspecified atom stereocenters.